The molecule has 1 unspecified atom stereocenters. The predicted molar refractivity (Wildman–Crippen MR) is 74.4 cm³/mol. The Bertz CT molecular complexity index is 249. The molecule has 106 valence electrons. The molecule has 0 spiro atoms. The van der Waals surface area contributed by atoms with Crippen molar-refractivity contribution in [3.63, 3.8) is 0 Å². The van der Waals surface area contributed by atoms with E-state index in [0.29, 0.717) is 17.8 Å². The highest BCUT2D eigenvalue weighted by Gasteiger charge is 2.26. The van der Waals surface area contributed by atoms with Crippen LogP contribution in [0.1, 0.15) is 47.5 Å². The van der Waals surface area contributed by atoms with Gasteiger partial charge >= 0.3 is 0 Å². The summed E-state index contributed by atoms with van der Waals surface area (Å²) in [6.07, 6.45) is 2.24. The Hall–Kier alpha value is -0.570. The summed E-state index contributed by atoms with van der Waals surface area (Å²) in [4.78, 5) is 14.3. The van der Waals surface area contributed by atoms with Crippen LogP contribution in [-0.2, 0) is 9.53 Å². The molecule has 1 aliphatic carbocycles. The summed E-state index contributed by atoms with van der Waals surface area (Å²) in [5.74, 6) is 1.87. The Morgan fingerprint density at radius 3 is 2.00 bits per heavy atom. The van der Waals surface area contributed by atoms with E-state index in [0.717, 1.165) is 19.7 Å². The molecule has 0 saturated heterocycles. The van der Waals surface area contributed by atoms with E-state index in [4.69, 9.17) is 4.74 Å². The minimum Gasteiger partial charge on any atom is -0.368 e. The van der Waals surface area contributed by atoms with Gasteiger partial charge < -0.3 is 9.64 Å². The second-order valence-corrected chi connectivity index (χ2v) is 6.45. The lowest BCUT2D eigenvalue weighted by Crippen LogP contribution is -2.43. The lowest BCUT2D eigenvalue weighted by atomic mass is 10.1. The van der Waals surface area contributed by atoms with Crippen LogP contribution in [0.2, 0.25) is 0 Å². The highest BCUT2D eigenvalue weighted by atomic mass is 16.5. The predicted octanol–water partition coefficient (Wildman–Crippen LogP) is 2.94. The summed E-state index contributed by atoms with van der Waals surface area (Å²) in [6.45, 7) is 12.9. The van der Waals surface area contributed by atoms with Crippen molar-refractivity contribution in [2.75, 3.05) is 19.7 Å². The maximum Gasteiger partial charge on any atom is 0.251 e. The molecule has 18 heavy (non-hydrogen) atoms. The largest absolute Gasteiger partial charge is 0.368 e. The quantitative estimate of drug-likeness (QED) is 0.667. The zero-order valence-corrected chi connectivity index (χ0v) is 12.6. The van der Waals surface area contributed by atoms with Gasteiger partial charge in [-0.25, -0.2) is 0 Å². The van der Waals surface area contributed by atoms with Crippen LogP contribution in [0.5, 0.6) is 0 Å². The van der Waals surface area contributed by atoms with Crippen LogP contribution in [0.4, 0.5) is 0 Å². The minimum atomic E-state index is -0.289. The second-order valence-electron chi connectivity index (χ2n) is 6.45. The molecule has 3 nitrogen and oxygen atoms in total. The second kappa shape index (κ2) is 7.13. The summed E-state index contributed by atoms with van der Waals surface area (Å²) in [7, 11) is 0. The Morgan fingerprint density at radius 2 is 1.61 bits per heavy atom. The monoisotopic (exact) mass is 255 g/mol. The third-order valence-electron chi connectivity index (χ3n) is 3.11. The van der Waals surface area contributed by atoms with Crippen LogP contribution < -0.4 is 0 Å². The van der Waals surface area contributed by atoms with E-state index < -0.39 is 0 Å². The molecular formula is C15H29NO2. The fourth-order valence-electron chi connectivity index (χ4n) is 2.03. The van der Waals surface area contributed by atoms with Crippen molar-refractivity contribution in [2.45, 2.75) is 53.6 Å². The standard InChI is InChI=1S/C15H29NO2/c1-11(2)8-16(9-12(3)4)15(17)13(5)18-10-14-6-7-14/h11-14H,6-10H2,1-5H3. The Morgan fingerprint density at radius 1 is 1.11 bits per heavy atom. The number of rotatable bonds is 8. The molecule has 0 N–H and O–H groups in total. The number of hydrogen-bond donors (Lipinski definition) is 0. The molecule has 1 aliphatic rings. The lowest BCUT2D eigenvalue weighted by Gasteiger charge is -2.29. The first kappa shape index (κ1) is 15.5. The van der Waals surface area contributed by atoms with Gasteiger partial charge in [0.1, 0.15) is 6.10 Å². The molecule has 0 aromatic rings. The zero-order valence-electron chi connectivity index (χ0n) is 12.6. The van der Waals surface area contributed by atoms with Crippen molar-refractivity contribution in [1.29, 1.82) is 0 Å². The third kappa shape index (κ3) is 5.85. The normalized spacial score (nSPS) is 17.3. The maximum atomic E-state index is 12.3. The first-order valence-corrected chi connectivity index (χ1v) is 7.30. The van der Waals surface area contributed by atoms with Crippen molar-refractivity contribution in [3.05, 3.63) is 0 Å². The van der Waals surface area contributed by atoms with Gasteiger partial charge in [0.05, 0.1) is 6.61 Å². The Balaban J connectivity index is 2.43. The smallest absolute Gasteiger partial charge is 0.251 e. The molecule has 0 aliphatic heterocycles. The van der Waals surface area contributed by atoms with Gasteiger partial charge in [-0.3, -0.25) is 4.79 Å². The van der Waals surface area contributed by atoms with Crippen molar-refractivity contribution < 1.29 is 9.53 Å². The molecule has 1 saturated carbocycles. The van der Waals surface area contributed by atoms with Crippen LogP contribution in [-0.4, -0.2) is 36.6 Å². The zero-order chi connectivity index (χ0) is 13.7. The molecule has 0 radical (unpaired) electrons. The molecule has 0 bridgehead atoms. The van der Waals surface area contributed by atoms with Crippen LogP contribution in [0.15, 0.2) is 0 Å². The van der Waals surface area contributed by atoms with Crippen molar-refractivity contribution in [1.82, 2.24) is 4.90 Å². The molecule has 1 amide bonds. The summed E-state index contributed by atoms with van der Waals surface area (Å²) in [6, 6.07) is 0. The van der Waals surface area contributed by atoms with E-state index in [1.165, 1.54) is 12.8 Å². The van der Waals surface area contributed by atoms with E-state index in [2.05, 4.69) is 27.7 Å². The molecule has 0 aromatic heterocycles. The van der Waals surface area contributed by atoms with Crippen molar-refractivity contribution in [2.24, 2.45) is 17.8 Å². The van der Waals surface area contributed by atoms with E-state index in [1.54, 1.807) is 0 Å². The number of carbonyl (C=O) groups is 1. The highest BCUT2D eigenvalue weighted by molar-refractivity contribution is 5.80. The molecule has 1 rings (SSSR count). The van der Waals surface area contributed by atoms with Crippen LogP contribution in [0.25, 0.3) is 0 Å². The molecular weight excluding hydrogens is 226 g/mol. The van der Waals surface area contributed by atoms with Crippen LogP contribution >= 0.6 is 0 Å². The average Bonchev–Trinajstić information content (AvgIpc) is 3.06. The van der Waals surface area contributed by atoms with Crippen molar-refractivity contribution >= 4 is 5.91 Å². The van der Waals surface area contributed by atoms with E-state index in [1.807, 2.05) is 11.8 Å². The molecule has 1 atom stereocenters. The van der Waals surface area contributed by atoms with E-state index in [9.17, 15) is 4.79 Å². The first-order valence-electron chi connectivity index (χ1n) is 7.30. The van der Waals surface area contributed by atoms with Crippen LogP contribution in [0, 0.1) is 17.8 Å². The summed E-state index contributed by atoms with van der Waals surface area (Å²) >= 11 is 0. The summed E-state index contributed by atoms with van der Waals surface area (Å²) in [5, 5.41) is 0. The maximum absolute atomic E-state index is 12.3. The number of amides is 1. The van der Waals surface area contributed by atoms with Gasteiger partial charge in [0.2, 0.25) is 0 Å². The average molecular weight is 255 g/mol. The third-order valence-corrected chi connectivity index (χ3v) is 3.11. The highest BCUT2D eigenvalue weighted by Crippen LogP contribution is 2.29. The van der Waals surface area contributed by atoms with E-state index in [-0.39, 0.29) is 12.0 Å². The number of hydrogen-bond acceptors (Lipinski definition) is 2. The van der Waals surface area contributed by atoms with Crippen LogP contribution in [0.3, 0.4) is 0 Å². The SMILES string of the molecule is CC(C)CN(CC(C)C)C(=O)C(C)OCC1CC1. The van der Waals surface area contributed by atoms with Gasteiger partial charge in [-0.05, 0) is 37.5 Å². The Kier molecular flexibility index (Phi) is 6.13. The van der Waals surface area contributed by atoms with Gasteiger partial charge in [-0.1, -0.05) is 27.7 Å². The van der Waals surface area contributed by atoms with Gasteiger partial charge in [0.25, 0.3) is 5.91 Å². The molecule has 1 fully saturated rings. The number of carbonyl (C=O) groups excluding carboxylic acids is 1. The van der Waals surface area contributed by atoms with Gasteiger partial charge in [0, 0.05) is 13.1 Å². The van der Waals surface area contributed by atoms with Gasteiger partial charge in [-0.2, -0.15) is 0 Å². The van der Waals surface area contributed by atoms with Crippen molar-refractivity contribution in [3.8, 4) is 0 Å². The minimum absolute atomic E-state index is 0.151. The fraction of sp³-hybridized carbons (Fsp3) is 0.933. The lowest BCUT2D eigenvalue weighted by molar-refractivity contribution is -0.144. The summed E-state index contributed by atoms with van der Waals surface area (Å²) in [5.41, 5.74) is 0. The molecule has 0 aromatic carbocycles. The fourth-order valence-corrected chi connectivity index (χ4v) is 2.03. The van der Waals surface area contributed by atoms with Gasteiger partial charge in [0.15, 0.2) is 0 Å². The molecule has 3 heteroatoms. The topological polar surface area (TPSA) is 29.5 Å². The van der Waals surface area contributed by atoms with Gasteiger partial charge in [-0.15, -0.1) is 0 Å². The number of nitrogens with zero attached hydrogens (tertiary/aromatic N) is 1. The Labute approximate surface area is 112 Å². The summed E-state index contributed by atoms with van der Waals surface area (Å²) < 4.78 is 5.68. The first-order chi connectivity index (χ1) is 8.40. The van der Waals surface area contributed by atoms with E-state index >= 15 is 0 Å². The molecule has 0 heterocycles. The number of ether oxygens (including phenoxy) is 1.